The summed E-state index contributed by atoms with van der Waals surface area (Å²) in [5, 5.41) is 0. The first-order valence-electron chi connectivity index (χ1n) is 7.94. The van der Waals surface area contributed by atoms with Crippen LogP contribution in [0.25, 0.3) is 0 Å². The van der Waals surface area contributed by atoms with Crippen LogP contribution in [0.1, 0.15) is 73.6 Å². The molecule has 0 radical (unpaired) electrons. The van der Waals surface area contributed by atoms with Crippen LogP contribution in [0.5, 0.6) is 0 Å². The highest BCUT2D eigenvalue weighted by atomic mass is 16.1. The Morgan fingerprint density at radius 1 is 0.714 bits per heavy atom. The average Bonchev–Trinajstić information content (AvgIpc) is 2.22. The summed E-state index contributed by atoms with van der Waals surface area (Å²) in [6, 6.07) is 0. The number of allylic oxidation sites excluding steroid dienone is 4. The molecule has 0 aliphatic heterocycles. The monoisotopic (exact) mass is 288 g/mol. The van der Waals surface area contributed by atoms with E-state index >= 15 is 0 Å². The van der Waals surface area contributed by atoms with Gasteiger partial charge in [-0.3, -0.25) is 9.59 Å². The van der Waals surface area contributed by atoms with E-state index in [4.69, 9.17) is 0 Å². The second-order valence-corrected chi connectivity index (χ2v) is 8.58. The minimum Gasteiger partial charge on any atom is -0.295 e. The summed E-state index contributed by atoms with van der Waals surface area (Å²) < 4.78 is 0. The van der Waals surface area contributed by atoms with Crippen LogP contribution in [0.2, 0.25) is 0 Å². The van der Waals surface area contributed by atoms with E-state index in [2.05, 4.69) is 41.5 Å². The fourth-order valence-corrected chi connectivity index (χ4v) is 4.01. The zero-order valence-electron chi connectivity index (χ0n) is 14.4. The maximum atomic E-state index is 12.4. The molecule has 2 aliphatic carbocycles. The van der Waals surface area contributed by atoms with Gasteiger partial charge in [-0.1, -0.05) is 38.8 Å². The normalized spacial score (nSPS) is 25.6. The van der Waals surface area contributed by atoms with E-state index < -0.39 is 0 Å². The standard InChI is InChI=1S/C19H28O2/c1-12-8-18(3,4)10-16(20)14(12)7-15-13(2)9-19(5,6)11-17(15)21/h7-11H2,1-6H3. The van der Waals surface area contributed by atoms with Crippen molar-refractivity contribution in [2.45, 2.75) is 73.6 Å². The van der Waals surface area contributed by atoms with Crippen LogP contribution < -0.4 is 0 Å². The quantitative estimate of drug-likeness (QED) is 0.732. The molecule has 0 amide bonds. The Hall–Kier alpha value is -1.18. The van der Waals surface area contributed by atoms with Gasteiger partial charge in [-0.05, 0) is 48.7 Å². The molecule has 2 rings (SSSR count). The van der Waals surface area contributed by atoms with Crippen molar-refractivity contribution in [1.29, 1.82) is 0 Å². The van der Waals surface area contributed by atoms with Gasteiger partial charge in [-0.2, -0.15) is 0 Å². The molecule has 0 spiro atoms. The molecule has 0 aromatic rings. The lowest BCUT2D eigenvalue weighted by Crippen LogP contribution is -2.28. The van der Waals surface area contributed by atoms with Crippen molar-refractivity contribution < 1.29 is 9.59 Å². The summed E-state index contributed by atoms with van der Waals surface area (Å²) in [6.07, 6.45) is 3.68. The third kappa shape index (κ3) is 3.53. The SMILES string of the molecule is CC1=C(CC2=C(C)CC(C)(C)CC2=O)C(=O)CC(C)(C)C1. The molecule has 0 atom stereocenters. The third-order valence-electron chi connectivity index (χ3n) is 4.82. The molecule has 0 saturated carbocycles. The van der Waals surface area contributed by atoms with Gasteiger partial charge in [-0.25, -0.2) is 0 Å². The van der Waals surface area contributed by atoms with Crippen LogP contribution in [0.4, 0.5) is 0 Å². The van der Waals surface area contributed by atoms with Gasteiger partial charge in [0.2, 0.25) is 0 Å². The Labute approximate surface area is 128 Å². The lowest BCUT2D eigenvalue weighted by molar-refractivity contribution is -0.118. The predicted octanol–water partition coefficient (Wildman–Crippen LogP) is 4.79. The molecule has 0 aromatic carbocycles. The molecular weight excluding hydrogens is 260 g/mol. The van der Waals surface area contributed by atoms with Crippen molar-refractivity contribution in [3.63, 3.8) is 0 Å². The molecular formula is C19H28O2. The summed E-state index contributed by atoms with van der Waals surface area (Å²) in [5.41, 5.74) is 4.27. The Bertz CT molecular complexity index is 506. The van der Waals surface area contributed by atoms with Crippen LogP contribution >= 0.6 is 0 Å². The summed E-state index contributed by atoms with van der Waals surface area (Å²) in [4.78, 5) is 24.9. The molecule has 0 bridgehead atoms. The second kappa shape index (κ2) is 5.23. The Kier molecular flexibility index (Phi) is 4.03. The first-order chi connectivity index (χ1) is 9.51. The number of rotatable bonds is 2. The number of ketones is 2. The van der Waals surface area contributed by atoms with Crippen LogP contribution in [0.15, 0.2) is 22.3 Å². The van der Waals surface area contributed by atoms with E-state index in [1.807, 2.05) is 0 Å². The van der Waals surface area contributed by atoms with E-state index in [1.54, 1.807) is 0 Å². The number of carbonyl (C=O) groups excluding carboxylic acids is 2. The molecule has 116 valence electrons. The Morgan fingerprint density at radius 3 is 1.33 bits per heavy atom. The van der Waals surface area contributed by atoms with Gasteiger partial charge in [0.1, 0.15) is 0 Å². The highest BCUT2D eigenvalue weighted by molar-refractivity contribution is 6.03. The van der Waals surface area contributed by atoms with E-state index in [9.17, 15) is 9.59 Å². The first kappa shape index (κ1) is 16.2. The van der Waals surface area contributed by atoms with Gasteiger partial charge in [0.05, 0.1) is 0 Å². The van der Waals surface area contributed by atoms with Crippen molar-refractivity contribution in [2.75, 3.05) is 0 Å². The highest BCUT2D eigenvalue weighted by Crippen LogP contribution is 2.42. The van der Waals surface area contributed by atoms with Crippen LogP contribution in [-0.4, -0.2) is 11.6 Å². The van der Waals surface area contributed by atoms with Crippen molar-refractivity contribution in [3.05, 3.63) is 22.3 Å². The van der Waals surface area contributed by atoms with Crippen LogP contribution in [0, 0.1) is 10.8 Å². The lowest BCUT2D eigenvalue weighted by Gasteiger charge is -2.34. The van der Waals surface area contributed by atoms with Gasteiger partial charge in [-0.15, -0.1) is 0 Å². The second-order valence-electron chi connectivity index (χ2n) is 8.58. The molecule has 2 nitrogen and oxygen atoms in total. The predicted molar refractivity (Wildman–Crippen MR) is 86.1 cm³/mol. The summed E-state index contributed by atoms with van der Waals surface area (Å²) >= 11 is 0. The number of hydrogen-bond acceptors (Lipinski definition) is 2. The third-order valence-corrected chi connectivity index (χ3v) is 4.82. The molecule has 0 saturated heterocycles. The van der Waals surface area contributed by atoms with Crippen LogP contribution in [-0.2, 0) is 9.59 Å². The lowest BCUT2D eigenvalue weighted by atomic mass is 9.70. The van der Waals surface area contributed by atoms with Gasteiger partial charge < -0.3 is 0 Å². The van der Waals surface area contributed by atoms with Crippen molar-refractivity contribution in [1.82, 2.24) is 0 Å². The molecule has 0 N–H and O–H groups in total. The maximum Gasteiger partial charge on any atom is 0.159 e. The fraction of sp³-hybridized carbons (Fsp3) is 0.684. The smallest absolute Gasteiger partial charge is 0.159 e. The van der Waals surface area contributed by atoms with Gasteiger partial charge >= 0.3 is 0 Å². The molecule has 2 heteroatoms. The Balaban J connectivity index is 2.30. The zero-order valence-corrected chi connectivity index (χ0v) is 14.4. The van der Waals surface area contributed by atoms with E-state index in [0.29, 0.717) is 19.3 Å². The molecule has 0 aromatic heterocycles. The van der Waals surface area contributed by atoms with Crippen LogP contribution in [0.3, 0.4) is 0 Å². The average molecular weight is 288 g/mol. The molecule has 0 unspecified atom stereocenters. The van der Waals surface area contributed by atoms with E-state index in [0.717, 1.165) is 24.0 Å². The molecule has 0 heterocycles. The van der Waals surface area contributed by atoms with Gasteiger partial charge in [0, 0.05) is 19.3 Å². The molecule has 0 fully saturated rings. The van der Waals surface area contributed by atoms with Gasteiger partial charge in [0.25, 0.3) is 0 Å². The van der Waals surface area contributed by atoms with Crippen molar-refractivity contribution in [2.24, 2.45) is 10.8 Å². The van der Waals surface area contributed by atoms with E-state index in [1.165, 1.54) is 11.1 Å². The number of Topliss-reactive ketones (excluding diaryl/α,β-unsaturated/α-hetero) is 2. The minimum atomic E-state index is 0.0622. The fourth-order valence-electron chi connectivity index (χ4n) is 4.01. The maximum absolute atomic E-state index is 12.4. The van der Waals surface area contributed by atoms with Crippen molar-refractivity contribution in [3.8, 4) is 0 Å². The summed E-state index contributed by atoms with van der Waals surface area (Å²) in [6.45, 7) is 12.7. The van der Waals surface area contributed by atoms with Gasteiger partial charge in [0.15, 0.2) is 11.6 Å². The largest absolute Gasteiger partial charge is 0.295 e. The van der Waals surface area contributed by atoms with Crippen molar-refractivity contribution >= 4 is 11.6 Å². The summed E-state index contributed by atoms with van der Waals surface area (Å²) in [5.74, 6) is 0.475. The topological polar surface area (TPSA) is 34.1 Å². The first-order valence-corrected chi connectivity index (χ1v) is 7.94. The molecule has 2 aliphatic rings. The Morgan fingerprint density at radius 2 is 1.05 bits per heavy atom. The highest BCUT2D eigenvalue weighted by Gasteiger charge is 2.35. The number of carbonyl (C=O) groups is 2. The molecule has 21 heavy (non-hydrogen) atoms. The zero-order chi connectivity index (χ0) is 16.0. The number of hydrogen-bond donors (Lipinski definition) is 0. The minimum absolute atomic E-state index is 0.0622. The van der Waals surface area contributed by atoms with E-state index in [-0.39, 0.29) is 22.4 Å². The summed E-state index contributed by atoms with van der Waals surface area (Å²) in [7, 11) is 0.